The summed E-state index contributed by atoms with van der Waals surface area (Å²) in [5.74, 6) is -1.64. The van der Waals surface area contributed by atoms with Crippen LogP contribution in [0.15, 0.2) is 23.8 Å². The number of nitriles is 4. The molecule has 2 N–H and O–H groups in total. The second kappa shape index (κ2) is 9.16. The second-order valence-electron chi connectivity index (χ2n) is 3.36. The number of phenols is 1. The summed E-state index contributed by atoms with van der Waals surface area (Å²) >= 11 is 0. The topological polar surface area (TPSA) is 153 Å². The van der Waals surface area contributed by atoms with Crippen LogP contribution in [-0.2, 0) is 0 Å². The molecule has 0 unspecified atom stereocenters. The molecule has 21 heavy (non-hydrogen) atoms. The molecule has 0 atom stereocenters. The molecule has 1 aromatic rings. The van der Waals surface area contributed by atoms with Crippen molar-refractivity contribution in [3.8, 4) is 30.0 Å². The molecule has 7 nitrogen and oxygen atoms in total. The fourth-order valence-electron chi connectivity index (χ4n) is 1.11. The van der Waals surface area contributed by atoms with Gasteiger partial charge in [-0.05, 0) is 23.8 Å². The van der Waals surface area contributed by atoms with Crippen molar-refractivity contribution in [2.75, 3.05) is 0 Å². The van der Waals surface area contributed by atoms with Crippen molar-refractivity contribution in [2.45, 2.75) is 6.42 Å². The molecule has 102 valence electrons. The lowest BCUT2D eigenvalue weighted by Crippen LogP contribution is -1.96. The standard InChI is InChI=1S/C11H6N2O3.C3H2N2/c12-5-8(6-13)3-7-1-2-10(14)9(4-7)11(15)16;4-2-1-3-5/h1-4,14H,(H,15,16);1H2. The zero-order valence-corrected chi connectivity index (χ0v) is 10.6. The number of benzene rings is 1. The molecule has 0 heterocycles. The van der Waals surface area contributed by atoms with Gasteiger partial charge in [-0.15, -0.1) is 0 Å². The van der Waals surface area contributed by atoms with E-state index in [0.717, 1.165) is 0 Å². The Morgan fingerprint density at radius 3 is 2.10 bits per heavy atom. The summed E-state index contributed by atoms with van der Waals surface area (Å²) in [5.41, 5.74) is -0.0423. The van der Waals surface area contributed by atoms with Crippen LogP contribution in [0.2, 0.25) is 0 Å². The molecule has 7 heteroatoms. The van der Waals surface area contributed by atoms with Crippen molar-refractivity contribution in [3.63, 3.8) is 0 Å². The molecule has 0 saturated carbocycles. The predicted molar refractivity (Wildman–Crippen MR) is 70.1 cm³/mol. The van der Waals surface area contributed by atoms with E-state index in [1.54, 1.807) is 24.3 Å². The molecule has 1 rings (SSSR count). The molecular formula is C14H8N4O3. The number of carboxylic acids is 1. The second-order valence-corrected chi connectivity index (χ2v) is 3.36. The van der Waals surface area contributed by atoms with Crippen molar-refractivity contribution < 1.29 is 15.0 Å². The molecule has 0 aliphatic heterocycles. The first-order valence-electron chi connectivity index (χ1n) is 5.32. The summed E-state index contributed by atoms with van der Waals surface area (Å²) in [7, 11) is 0. The molecule has 0 spiro atoms. The molecule has 0 aromatic heterocycles. The van der Waals surface area contributed by atoms with E-state index in [9.17, 15) is 9.90 Å². The van der Waals surface area contributed by atoms with E-state index in [4.69, 9.17) is 26.2 Å². The zero-order chi connectivity index (χ0) is 16.3. The maximum atomic E-state index is 10.7. The minimum Gasteiger partial charge on any atom is -0.507 e. The van der Waals surface area contributed by atoms with Crippen LogP contribution in [-0.4, -0.2) is 16.2 Å². The van der Waals surface area contributed by atoms with Crippen molar-refractivity contribution in [1.82, 2.24) is 0 Å². The number of hydrogen-bond acceptors (Lipinski definition) is 6. The third-order valence-corrected chi connectivity index (χ3v) is 1.96. The van der Waals surface area contributed by atoms with Crippen LogP contribution >= 0.6 is 0 Å². The van der Waals surface area contributed by atoms with Gasteiger partial charge in [0.1, 0.15) is 35.4 Å². The number of carboxylic acid groups (broad SMARTS) is 1. The van der Waals surface area contributed by atoms with Crippen LogP contribution in [0.4, 0.5) is 0 Å². The summed E-state index contributed by atoms with van der Waals surface area (Å²) in [6, 6.07) is 10.4. The fraction of sp³-hybridized carbons (Fsp3) is 0.0714. The first-order valence-corrected chi connectivity index (χ1v) is 5.32. The third kappa shape index (κ3) is 6.06. The average Bonchev–Trinajstić information content (AvgIpc) is 2.47. The van der Waals surface area contributed by atoms with Gasteiger partial charge in [0.05, 0.1) is 12.1 Å². The summed E-state index contributed by atoms with van der Waals surface area (Å²) in [4.78, 5) is 10.7. The van der Waals surface area contributed by atoms with Crippen LogP contribution in [0.3, 0.4) is 0 Å². The number of hydrogen-bond donors (Lipinski definition) is 2. The molecule has 0 aliphatic rings. The Kier molecular flexibility index (Phi) is 7.50. The Bertz CT molecular complexity index is 697. The Morgan fingerprint density at radius 1 is 1.14 bits per heavy atom. The molecular weight excluding hydrogens is 272 g/mol. The SMILES string of the molecule is N#CC(C#N)=Cc1ccc(O)c(C(=O)O)c1.N#CCC#N. The molecule has 0 saturated heterocycles. The van der Waals surface area contributed by atoms with Gasteiger partial charge in [0.2, 0.25) is 0 Å². The van der Waals surface area contributed by atoms with Crippen LogP contribution in [0.25, 0.3) is 6.08 Å². The van der Waals surface area contributed by atoms with Crippen LogP contribution in [0.5, 0.6) is 5.75 Å². The molecule has 0 amide bonds. The number of allylic oxidation sites excluding steroid dienone is 1. The Labute approximate surface area is 120 Å². The number of carbonyl (C=O) groups is 1. The Morgan fingerprint density at radius 2 is 1.71 bits per heavy atom. The monoisotopic (exact) mass is 280 g/mol. The average molecular weight is 280 g/mol. The zero-order valence-electron chi connectivity index (χ0n) is 10.6. The minimum atomic E-state index is -1.27. The Balaban J connectivity index is 0.000000690. The predicted octanol–water partition coefficient (Wildman–Crippen LogP) is 1.94. The van der Waals surface area contributed by atoms with Gasteiger partial charge in [-0.3, -0.25) is 0 Å². The van der Waals surface area contributed by atoms with Gasteiger partial charge in [-0.2, -0.15) is 21.0 Å². The van der Waals surface area contributed by atoms with E-state index in [1.165, 1.54) is 24.3 Å². The normalized spacial score (nSPS) is 7.62. The Hall–Kier alpha value is -3.81. The number of rotatable bonds is 2. The highest BCUT2D eigenvalue weighted by Gasteiger charge is 2.09. The summed E-state index contributed by atoms with van der Waals surface area (Å²) < 4.78 is 0. The van der Waals surface area contributed by atoms with E-state index in [-0.39, 0.29) is 23.3 Å². The smallest absolute Gasteiger partial charge is 0.339 e. The number of aromatic carboxylic acids is 1. The summed E-state index contributed by atoms with van der Waals surface area (Å²) in [6.07, 6.45) is 1.24. The van der Waals surface area contributed by atoms with E-state index in [0.29, 0.717) is 5.56 Å². The van der Waals surface area contributed by atoms with Gasteiger partial charge >= 0.3 is 5.97 Å². The van der Waals surface area contributed by atoms with Gasteiger partial charge < -0.3 is 10.2 Å². The van der Waals surface area contributed by atoms with Crippen molar-refractivity contribution in [3.05, 3.63) is 34.9 Å². The molecule has 0 aliphatic carbocycles. The molecule has 0 radical (unpaired) electrons. The molecule has 1 aromatic carbocycles. The van der Waals surface area contributed by atoms with E-state index < -0.39 is 5.97 Å². The maximum Gasteiger partial charge on any atom is 0.339 e. The van der Waals surface area contributed by atoms with E-state index in [2.05, 4.69) is 0 Å². The largest absolute Gasteiger partial charge is 0.507 e. The highest BCUT2D eigenvalue weighted by atomic mass is 16.4. The van der Waals surface area contributed by atoms with Gasteiger partial charge in [0, 0.05) is 0 Å². The van der Waals surface area contributed by atoms with Gasteiger partial charge in [0.25, 0.3) is 0 Å². The molecule has 0 fully saturated rings. The highest BCUT2D eigenvalue weighted by molar-refractivity contribution is 5.91. The summed E-state index contributed by atoms with van der Waals surface area (Å²) in [5, 5.41) is 50.2. The number of aromatic hydroxyl groups is 1. The van der Waals surface area contributed by atoms with E-state index >= 15 is 0 Å². The maximum absolute atomic E-state index is 10.7. The molecule has 0 bridgehead atoms. The quantitative estimate of drug-likeness (QED) is 0.784. The highest BCUT2D eigenvalue weighted by Crippen LogP contribution is 2.19. The third-order valence-electron chi connectivity index (χ3n) is 1.96. The lowest BCUT2D eigenvalue weighted by atomic mass is 10.1. The first kappa shape index (κ1) is 17.2. The van der Waals surface area contributed by atoms with E-state index in [1.807, 2.05) is 0 Å². The fourth-order valence-corrected chi connectivity index (χ4v) is 1.11. The van der Waals surface area contributed by atoms with Crippen LogP contribution in [0, 0.1) is 45.3 Å². The van der Waals surface area contributed by atoms with Crippen LogP contribution < -0.4 is 0 Å². The minimum absolute atomic E-state index is 0. The number of nitrogens with zero attached hydrogens (tertiary/aromatic N) is 4. The van der Waals surface area contributed by atoms with Crippen molar-refractivity contribution in [2.24, 2.45) is 0 Å². The van der Waals surface area contributed by atoms with Crippen molar-refractivity contribution in [1.29, 1.82) is 21.0 Å². The van der Waals surface area contributed by atoms with Gasteiger partial charge in [0.15, 0.2) is 0 Å². The lowest BCUT2D eigenvalue weighted by molar-refractivity contribution is 0.0693. The van der Waals surface area contributed by atoms with Crippen LogP contribution in [0.1, 0.15) is 22.3 Å². The van der Waals surface area contributed by atoms with Gasteiger partial charge in [-0.25, -0.2) is 4.79 Å². The van der Waals surface area contributed by atoms with Crippen molar-refractivity contribution >= 4 is 12.0 Å². The van der Waals surface area contributed by atoms with Gasteiger partial charge in [-0.1, -0.05) is 6.07 Å². The summed E-state index contributed by atoms with van der Waals surface area (Å²) in [6.45, 7) is 0. The first-order chi connectivity index (χ1) is 9.99. The lowest BCUT2D eigenvalue weighted by Gasteiger charge is -2.00.